The van der Waals surface area contributed by atoms with Gasteiger partial charge in [0, 0.05) is 31.6 Å². The smallest absolute Gasteiger partial charge is 0.270 e. The van der Waals surface area contributed by atoms with Gasteiger partial charge >= 0.3 is 0 Å². The minimum Gasteiger partial charge on any atom is -0.357 e. The summed E-state index contributed by atoms with van der Waals surface area (Å²) in [5, 5.41) is 10.7. The van der Waals surface area contributed by atoms with Gasteiger partial charge in [-0.05, 0) is 13.0 Å². The lowest BCUT2D eigenvalue weighted by Crippen LogP contribution is -2.40. The van der Waals surface area contributed by atoms with E-state index in [0.717, 1.165) is 6.07 Å². The molecule has 1 saturated heterocycles. The van der Waals surface area contributed by atoms with Crippen LogP contribution in [-0.4, -0.2) is 36.4 Å². The Morgan fingerprint density at radius 3 is 2.81 bits per heavy atom. The molecule has 1 amide bonds. The summed E-state index contributed by atoms with van der Waals surface area (Å²) in [5.41, 5.74) is -0.351. The van der Waals surface area contributed by atoms with Crippen molar-refractivity contribution in [2.75, 3.05) is 6.61 Å². The monoisotopic (exact) mass is 314 g/mol. The van der Waals surface area contributed by atoms with E-state index in [1.165, 1.54) is 18.2 Å². The molecule has 21 heavy (non-hydrogen) atoms. The van der Waals surface area contributed by atoms with E-state index in [1.807, 2.05) is 0 Å². The molecule has 1 unspecified atom stereocenters. The van der Waals surface area contributed by atoms with E-state index in [9.17, 15) is 23.3 Å². The molecule has 1 aromatic carbocycles. The molecule has 0 radical (unpaired) electrons. The van der Waals surface area contributed by atoms with Crippen LogP contribution >= 0.6 is 0 Å². The van der Waals surface area contributed by atoms with Gasteiger partial charge in [-0.2, -0.15) is 0 Å². The Morgan fingerprint density at radius 2 is 2.19 bits per heavy atom. The molecular weight excluding hydrogens is 300 g/mol. The van der Waals surface area contributed by atoms with E-state index in [1.54, 1.807) is 6.92 Å². The number of hydrogen-bond acceptors (Lipinski definition) is 6. The zero-order valence-corrected chi connectivity index (χ0v) is 12.1. The molecule has 1 aliphatic rings. The number of non-ortho nitro benzene ring substituents is 1. The van der Waals surface area contributed by atoms with Crippen molar-refractivity contribution in [1.29, 1.82) is 0 Å². The second-order valence-electron chi connectivity index (χ2n) is 4.40. The van der Waals surface area contributed by atoms with Gasteiger partial charge in [-0.3, -0.25) is 14.9 Å². The number of nitro groups is 1. The first kappa shape index (κ1) is 15.4. The van der Waals surface area contributed by atoms with Crippen LogP contribution in [0, 0.1) is 10.1 Å². The summed E-state index contributed by atoms with van der Waals surface area (Å²) in [7, 11) is -4.16. The maximum Gasteiger partial charge on any atom is 0.270 e. The summed E-state index contributed by atoms with van der Waals surface area (Å²) in [6, 6.07) is 4.60. The highest BCUT2D eigenvalue weighted by molar-refractivity contribution is 7.89. The first-order valence-electron chi connectivity index (χ1n) is 6.31. The molecule has 1 heterocycles. The third kappa shape index (κ3) is 2.88. The van der Waals surface area contributed by atoms with Crippen molar-refractivity contribution in [2.45, 2.75) is 30.9 Å². The highest BCUT2D eigenvalue weighted by atomic mass is 32.2. The Bertz CT molecular complexity index is 672. The number of rotatable bonds is 5. The van der Waals surface area contributed by atoms with Gasteiger partial charge in [0.1, 0.15) is 6.23 Å². The van der Waals surface area contributed by atoms with E-state index in [-0.39, 0.29) is 30.0 Å². The number of carbonyl (C=O) groups is 1. The number of ether oxygens (including phenoxy) is 1. The predicted octanol–water partition coefficient (Wildman–Crippen LogP) is 1.27. The maximum absolute atomic E-state index is 12.5. The fraction of sp³-hybridized carbons (Fsp3) is 0.417. The third-order valence-corrected chi connectivity index (χ3v) is 4.86. The molecule has 0 spiro atoms. The van der Waals surface area contributed by atoms with Crippen LogP contribution in [0.5, 0.6) is 0 Å². The van der Waals surface area contributed by atoms with Gasteiger partial charge in [0.05, 0.1) is 9.82 Å². The van der Waals surface area contributed by atoms with Crippen molar-refractivity contribution < 1.29 is 22.9 Å². The van der Waals surface area contributed by atoms with E-state index in [4.69, 9.17) is 4.74 Å². The second-order valence-corrected chi connectivity index (χ2v) is 6.21. The molecular formula is C12H14N2O6S. The maximum atomic E-state index is 12.5. The van der Waals surface area contributed by atoms with Crippen LogP contribution in [-0.2, 0) is 19.6 Å². The molecule has 0 N–H and O–H groups in total. The number of sulfonamides is 1. The highest BCUT2D eigenvalue weighted by Crippen LogP contribution is 2.29. The zero-order chi connectivity index (χ0) is 15.6. The van der Waals surface area contributed by atoms with Crippen LogP contribution < -0.4 is 0 Å². The number of nitro benzene ring substituents is 1. The largest absolute Gasteiger partial charge is 0.357 e. The highest BCUT2D eigenvalue weighted by Gasteiger charge is 2.41. The summed E-state index contributed by atoms with van der Waals surface area (Å²) in [4.78, 5) is 21.6. The molecule has 8 nitrogen and oxygen atoms in total. The topological polar surface area (TPSA) is 107 Å². The quantitative estimate of drug-likeness (QED) is 0.598. The molecule has 2 rings (SSSR count). The molecule has 1 aromatic rings. The van der Waals surface area contributed by atoms with Gasteiger partial charge in [0.2, 0.25) is 5.91 Å². The van der Waals surface area contributed by atoms with E-state index in [2.05, 4.69) is 0 Å². The number of hydrogen-bond donors (Lipinski definition) is 0. The molecule has 0 aromatic heterocycles. The number of nitrogens with zero attached hydrogens (tertiary/aromatic N) is 2. The van der Waals surface area contributed by atoms with Crippen LogP contribution in [0.15, 0.2) is 29.2 Å². The van der Waals surface area contributed by atoms with Gasteiger partial charge in [0.25, 0.3) is 15.7 Å². The fourth-order valence-corrected chi connectivity index (χ4v) is 3.72. The summed E-state index contributed by atoms with van der Waals surface area (Å²) >= 11 is 0. The molecule has 114 valence electrons. The fourth-order valence-electron chi connectivity index (χ4n) is 2.14. The lowest BCUT2D eigenvalue weighted by atomic mass is 10.3. The van der Waals surface area contributed by atoms with Gasteiger partial charge in [-0.25, -0.2) is 12.7 Å². The molecule has 0 saturated carbocycles. The number of amides is 1. The number of carbonyl (C=O) groups excluding carboxylic acids is 1. The van der Waals surface area contributed by atoms with Crippen LogP contribution in [0.3, 0.4) is 0 Å². The average Bonchev–Trinajstić information content (AvgIpc) is 2.81. The lowest BCUT2D eigenvalue weighted by Gasteiger charge is -2.23. The van der Waals surface area contributed by atoms with Crippen LogP contribution in [0.2, 0.25) is 0 Å². The Kier molecular flexibility index (Phi) is 4.24. The molecule has 1 atom stereocenters. The van der Waals surface area contributed by atoms with E-state index < -0.39 is 27.1 Å². The standard InChI is InChI=1S/C12H14N2O6S/c1-2-20-12-7-6-11(15)13(12)21(18,19)10-5-3-4-9(8-10)14(16)17/h3-5,8,12H,2,6-7H2,1H3. The summed E-state index contributed by atoms with van der Waals surface area (Å²) in [6.07, 6.45) is -0.508. The Labute approximate surface area is 121 Å². The molecule has 9 heteroatoms. The van der Waals surface area contributed by atoms with E-state index >= 15 is 0 Å². The molecule has 1 fully saturated rings. The van der Waals surface area contributed by atoms with Crippen molar-refractivity contribution in [3.8, 4) is 0 Å². The minimum absolute atomic E-state index is 0.0683. The van der Waals surface area contributed by atoms with Gasteiger partial charge < -0.3 is 4.74 Å². The first-order chi connectivity index (χ1) is 9.87. The van der Waals surface area contributed by atoms with Crippen molar-refractivity contribution in [1.82, 2.24) is 4.31 Å². The van der Waals surface area contributed by atoms with Crippen LogP contribution in [0.1, 0.15) is 19.8 Å². The van der Waals surface area contributed by atoms with Crippen molar-refractivity contribution >= 4 is 21.6 Å². The molecule has 0 aliphatic carbocycles. The average molecular weight is 314 g/mol. The SMILES string of the molecule is CCOC1CCC(=O)N1S(=O)(=O)c1cccc([N+](=O)[O-])c1. The first-order valence-corrected chi connectivity index (χ1v) is 7.75. The predicted molar refractivity (Wildman–Crippen MR) is 71.8 cm³/mol. The van der Waals surface area contributed by atoms with Gasteiger partial charge in [0.15, 0.2) is 0 Å². The number of benzene rings is 1. The zero-order valence-electron chi connectivity index (χ0n) is 11.3. The molecule has 1 aliphatic heterocycles. The Hall–Kier alpha value is -2.00. The molecule has 0 bridgehead atoms. The summed E-state index contributed by atoms with van der Waals surface area (Å²) in [5.74, 6) is -0.569. The summed E-state index contributed by atoms with van der Waals surface area (Å²) < 4.78 is 31.0. The Balaban J connectivity index is 2.43. The van der Waals surface area contributed by atoms with Gasteiger partial charge in [-0.15, -0.1) is 0 Å². The Morgan fingerprint density at radius 1 is 1.48 bits per heavy atom. The minimum atomic E-state index is -4.16. The van der Waals surface area contributed by atoms with E-state index in [0.29, 0.717) is 4.31 Å². The van der Waals surface area contributed by atoms with Crippen molar-refractivity contribution in [2.24, 2.45) is 0 Å². The lowest BCUT2D eigenvalue weighted by molar-refractivity contribution is -0.385. The van der Waals surface area contributed by atoms with Crippen LogP contribution in [0.4, 0.5) is 5.69 Å². The second kappa shape index (κ2) is 5.78. The van der Waals surface area contributed by atoms with Crippen LogP contribution in [0.25, 0.3) is 0 Å². The van der Waals surface area contributed by atoms with Gasteiger partial charge in [-0.1, -0.05) is 6.07 Å². The van der Waals surface area contributed by atoms with Crippen molar-refractivity contribution in [3.63, 3.8) is 0 Å². The normalized spacial score (nSPS) is 19.0. The third-order valence-electron chi connectivity index (χ3n) is 3.06. The van der Waals surface area contributed by atoms with Crippen molar-refractivity contribution in [3.05, 3.63) is 34.4 Å². The summed E-state index contributed by atoms with van der Waals surface area (Å²) in [6.45, 7) is 1.96.